The highest BCUT2D eigenvalue weighted by Crippen LogP contribution is 2.30. The molecule has 2 aliphatic heterocycles. The van der Waals surface area contributed by atoms with Gasteiger partial charge < -0.3 is 20.5 Å². The second kappa shape index (κ2) is 5.55. The number of hydrogen-bond acceptors (Lipinski definition) is 4. The van der Waals surface area contributed by atoms with Gasteiger partial charge in [0.1, 0.15) is 0 Å². The molecule has 0 aromatic carbocycles. The van der Waals surface area contributed by atoms with Crippen LogP contribution in [0.25, 0.3) is 0 Å². The molecule has 0 radical (unpaired) electrons. The van der Waals surface area contributed by atoms with Gasteiger partial charge in [0.15, 0.2) is 0 Å². The van der Waals surface area contributed by atoms with Crippen molar-refractivity contribution < 1.29 is 14.3 Å². The largest absolute Gasteiger partial charge is 0.381 e. The lowest BCUT2D eigenvalue weighted by molar-refractivity contribution is -0.137. The zero-order valence-corrected chi connectivity index (χ0v) is 11.2. The van der Waals surface area contributed by atoms with E-state index in [1.54, 1.807) is 0 Å². The first-order valence-corrected chi connectivity index (χ1v) is 6.80. The molecule has 2 aliphatic rings. The summed E-state index contributed by atoms with van der Waals surface area (Å²) in [6.07, 6.45) is 3.51. The molecule has 0 bridgehead atoms. The molecule has 3 N–H and O–H groups in total. The maximum Gasteiger partial charge on any atom is 0.227 e. The van der Waals surface area contributed by atoms with Crippen LogP contribution in [-0.4, -0.2) is 44.4 Å². The Morgan fingerprint density at radius 1 is 1.28 bits per heavy atom. The van der Waals surface area contributed by atoms with Crippen molar-refractivity contribution in [3.05, 3.63) is 0 Å². The predicted molar refractivity (Wildman–Crippen MR) is 68.1 cm³/mol. The van der Waals surface area contributed by atoms with Gasteiger partial charge in [-0.15, -0.1) is 0 Å². The van der Waals surface area contributed by atoms with Gasteiger partial charge >= 0.3 is 0 Å². The Morgan fingerprint density at radius 3 is 2.56 bits per heavy atom. The van der Waals surface area contributed by atoms with Crippen molar-refractivity contribution in [3.63, 3.8) is 0 Å². The van der Waals surface area contributed by atoms with Crippen LogP contribution < -0.4 is 11.1 Å². The number of carbonyl (C=O) groups is 1. The fourth-order valence-corrected chi connectivity index (χ4v) is 2.72. The lowest BCUT2D eigenvalue weighted by Gasteiger charge is -2.35. The molecule has 0 aromatic heterocycles. The van der Waals surface area contributed by atoms with E-state index in [9.17, 15) is 4.79 Å². The molecule has 2 saturated heterocycles. The quantitative estimate of drug-likeness (QED) is 0.765. The number of rotatable bonds is 4. The molecule has 5 heteroatoms. The number of carbonyl (C=O) groups excluding carboxylic acids is 1. The van der Waals surface area contributed by atoms with Crippen LogP contribution in [0.3, 0.4) is 0 Å². The molecule has 18 heavy (non-hydrogen) atoms. The monoisotopic (exact) mass is 256 g/mol. The highest BCUT2D eigenvalue weighted by Gasteiger charge is 2.40. The van der Waals surface area contributed by atoms with E-state index in [4.69, 9.17) is 15.2 Å². The molecule has 104 valence electrons. The van der Waals surface area contributed by atoms with Gasteiger partial charge in [0.25, 0.3) is 0 Å². The minimum atomic E-state index is -0.437. The van der Waals surface area contributed by atoms with E-state index in [1.165, 1.54) is 0 Å². The van der Waals surface area contributed by atoms with Crippen LogP contribution in [-0.2, 0) is 14.3 Å². The Kier molecular flexibility index (Phi) is 4.25. The summed E-state index contributed by atoms with van der Waals surface area (Å²) in [6, 6.07) is 0. The first-order valence-electron chi connectivity index (χ1n) is 6.80. The Bertz CT molecular complexity index is 295. The predicted octanol–water partition coefficient (Wildman–Crippen LogP) is 0.427. The number of nitrogens with one attached hydrogen (secondary N) is 1. The minimum absolute atomic E-state index is 0.0602. The molecule has 1 unspecified atom stereocenters. The standard InChI is InChI=1S/C13H24N2O3/c1-12(3-2-6-18-12)10-15-11(16)13(9-14)4-7-17-8-5-13/h2-10,14H2,1H3,(H,15,16). The van der Waals surface area contributed by atoms with E-state index in [2.05, 4.69) is 12.2 Å². The highest BCUT2D eigenvalue weighted by atomic mass is 16.5. The van der Waals surface area contributed by atoms with E-state index in [-0.39, 0.29) is 11.5 Å². The van der Waals surface area contributed by atoms with Crippen LogP contribution in [0.4, 0.5) is 0 Å². The van der Waals surface area contributed by atoms with Crippen LogP contribution in [0.1, 0.15) is 32.6 Å². The van der Waals surface area contributed by atoms with Gasteiger partial charge in [-0.1, -0.05) is 0 Å². The molecule has 0 spiro atoms. The van der Waals surface area contributed by atoms with Gasteiger partial charge in [0, 0.05) is 32.9 Å². The average Bonchev–Trinajstić information content (AvgIpc) is 2.84. The third-order valence-electron chi connectivity index (χ3n) is 4.25. The molecule has 2 rings (SSSR count). The van der Waals surface area contributed by atoms with Gasteiger partial charge in [-0.25, -0.2) is 0 Å². The van der Waals surface area contributed by atoms with Crippen molar-refractivity contribution in [2.24, 2.45) is 11.1 Å². The van der Waals surface area contributed by atoms with Crippen LogP contribution in [0.2, 0.25) is 0 Å². The van der Waals surface area contributed by atoms with E-state index >= 15 is 0 Å². The van der Waals surface area contributed by atoms with Crippen LogP contribution in [0.15, 0.2) is 0 Å². The zero-order chi connectivity index (χ0) is 13.1. The number of hydrogen-bond donors (Lipinski definition) is 2. The Balaban J connectivity index is 1.89. The molecule has 0 aliphatic carbocycles. The van der Waals surface area contributed by atoms with Crippen LogP contribution in [0.5, 0.6) is 0 Å². The summed E-state index contributed by atoms with van der Waals surface area (Å²) in [6.45, 7) is 5.06. The topological polar surface area (TPSA) is 73.6 Å². The van der Waals surface area contributed by atoms with Crippen molar-refractivity contribution in [3.8, 4) is 0 Å². The van der Waals surface area contributed by atoms with E-state index < -0.39 is 5.41 Å². The molecular formula is C13H24N2O3. The normalized spacial score (nSPS) is 31.2. The zero-order valence-electron chi connectivity index (χ0n) is 11.2. The van der Waals surface area contributed by atoms with Crippen molar-refractivity contribution >= 4 is 5.91 Å². The molecule has 1 atom stereocenters. The maximum atomic E-state index is 12.3. The summed E-state index contributed by atoms with van der Waals surface area (Å²) in [7, 11) is 0. The fourth-order valence-electron chi connectivity index (χ4n) is 2.72. The summed E-state index contributed by atoms with van der Waals surface area (Å²) >= 11 is 0. The Hall–Kier alpha value is -0.650. The van der Waals surface area contributed by atoms with Crippen molar-refractivity contribution in [2.75, 3.05) is 32.9 Å². The maximum absolute atomic E-state index is 12.3. The number of ether oxygens (including phenoxy) is 2. The summed E-state index contributed by atoms with van der Waals surface area (Å²) < 4.78 is 11.0. The summed E-state index contributed by atoms with van der Waals surface area (Å²) in [4.78, 5) is 12.3. The molecule has 0 aromatic rings. The van der Waals surface area contributed by atoms with Crippen molar-refractivity contribution in [2.45, 2.75) is 38.2 Å². The summed E-state index contributed by atoms with van der Waals surface area (Å²) in [5, 5.41) is 3.03. The van der Waals surface area contributed by atoms with Gasteiger partial charge in [-0.3, -0.25) is 4.79 Å². The van der Waals surface area contributed by atoms with Crippen molar-refractivity contribution in [1.29, 1.82) is 0 Å². The van der Waals surface area contributed by atoms with Gasteiger partial charge in [-0.05, 0) is 32.6 Å². The lowest BCUT2D eigenvalue weighted by Crippen LogP contribution is -2.52. The van der Waals surface area contributed by atoms with Gasteiger partial charge in [0.2, 0.25) is 5.91 Å². The lowest BCUT2D eigenvalue weighted by atomic mass is 9.79. The molecule has 5 nitrogen and oxygen atoms in total. The molecular weight excluding hydrogens is 232 g/mol. The molecule has 2 heterocycles. The van der Waals surface area contributed by atoms with Gasteiger partial charge in [-0.2, -0.15) is 0 Å². The van der Waals surface area contributed by atoms with Crippen molar-refractivity contribution in [1.82, 2.24) is 5.32 Å². The minimum Gasteiger partial charge on any atom is -0.381 e. The third-order valence-corrected chi connectivity index (χ3v) is 4.25. The second-order valence-electron chi connectivity index (χ2n) is 5.68. The SMILES string of the molecule is CC1(CNC(=O)C2(CN)CCOCC2)CCCO1. The summed E-state index contributed by atoms with van der Waals surface area (Å²) in [5.41, 5.74) is 5.17. The molecule has 0 saturated carbocycles. The first kappa shape index (κ1) is 13.8. The molecule has 1 amide bonds. The second-order valence-corrected chi connectivity index (χ2v) is 5.68. The van der Waals surface area contributed by atoms with Crippen LogP contribution in [0, 0.1) is 5.41 Å². The smallest absolute Gasteiger partial charge is 0.227 e. The van der Waals surface area contributed by atoms with E-state index in [0.717, 1.165) is 19.4 Å². The average molecular weight is 256 g/mol. The fraction of sp³-hybridized carbons (Fsp3) is 0.923. The first-order chi connectivity index (χ1) is 8.60. The van der Waals surface area contributed by atoms with E-state index in [0.29, 0.717) is 39.1 Å². The third kappa shape index (κ3) is 2.84. The Morgan fingerprint density at radius 2 is 2.00 bits per heavy atom. The number of nitrogens with two attached hydrogens (primary N) is 1. The Labute approximate surface area is 108 Å². The van der Waals surface area contributed by atoms with Gasteiger partial charge in [0.05, 0.1) is 11.0 Å². The molecule has 2 fully saturated rings. The number of amides is 1. The van der Waals surface area contributed by atoms with E-state index in [1.807, 2.05) is 0 Å². The highest BCUT2D eigenvalue weighted by molar-refractivity contribution is 5.83. The summed E-state index contributed by atoms with van der Waals surface area (Å²) in [5.74, 6) is 0.0602. The van der Waals surface area contributed by atoms with Crippen LogP contribution >= 0.6 is 0 Å².